The minimum atomic E-state index is -0.489. The van der Waals surface area contributed by atoms with Gasteiger partial charge in [-0.1, -0.05) is 0 Å². The average molecular weight is 255 g/mol. The summed E-state index contributed by atoms with van der Waals surface area (Å²) in [5.74, 6) is -0.305. The van der Waals surface area contributed by atoms with Gasteiger partial charge in [-0.3, -0.25) is 18.7 Å². The highest BCUT2D eigenvalue weighted by Crippen LogP contribution is 2.06. The molecule has 7 nitrogen and oxygen atoms in total. The van der Waals surface area contributed by atoms with Gasteiger partial charge in [0.15, 0.2) is 0 Å². The first-order chi connectivity index (χ1) is 8.40. The Hall–Kier alpha value is -2.05. The molecule has 1 heterocycles. The van der Waals surface area contributed by atoms with Crippen molar-refractivity contribution in [1.82, 2.24) is 9.13 Å². The van der Waals surface area contributed by atoms with E-state index in [1.807, 2.05) is 0 Å². The number of hydrogen-bond donors (Lipinski definition) is 1. The number of carbonyl (C=O) groups excluding carboxylic acids is 1. The van der Waals surface area contributed by atoms with Crippen molar-refractivity contribution < 1.29 is 9.53 Å². The average Bonchev–Trinajstić information content (AvgIpc) is 2.34. The van der Waals surface area contributed by atoms with Crippen LogP contribution in [0.3, 0.4) is 0 Å². The summed E-state index contributed by atoms with van der Waals surface area (Å²) in [7, 11) is 2.85. The van der Waals surface area contributed by atoms with Crippen LogP contribution in [0.4, 0.5) is 5.82 Å². The van der Waals surface area contributed by atoms with Crippen molar-refractivity contribution in [3.8, 4) is 0 Å². The molecule has 0 saturated heterocycles. The summed E-state index contributed by atoms with van der Waals surface area (Å²) in [4.78, 5) is 34.6. The fraction of sp³-hybridized carbons (Fsp3) is 0.545. The second-order valence-electron chi connectivity index (χ2n) is 3.87. The van der Waals surface area contributed by atoms with E-state index in [0.717, 1.165) is 4.57 Å². The third-order valence-electron chi connectivity index (χ3n) is 2.69. The second kappa shape index (κ2) is 5.52. The van der Waals surface area contributed by atoms with Crippen LogP contribution < -0.4 is 17.0 Å². The number of ether oxygens (including phenoxy) is 1. The van der Waals surface area contributed by atoms with E-state index in [2.05, 4.69) is 0 Å². The molecule has 0 unspecified atom stereocenters. The van der Waals surface area contributed by atoms with E-state index in [9.17, 15) is 14.4 Å². The number of anilines is 1. The van der Waals surface area contributed by atoms with Crippen LogP contribution in [0.5, 0.6) is 0 Å². The largest absolute Gasteiger partial charge is 0.466 e. The fourth-order valence-electron chi connectivity index (χ4n) is 1.62. The van der Waals surface area contributed by atoms with Gasteiger partial charge in [0.2, 0.25) is 0 Å². The van der Waals surface area contributed by atoms with Gasteiger partial charge in [-0.05, 0) is 13.3 Å². The number of rotatable bonds is 4. The fourth-order valence-corrected chi connectivity index (χ4v) is 1.62. The van der Waals surface area contributed by atoms with E-state index in [0.29, 0.717) is 6.61 Å². The lowest BCUT2D eigenvalue weighted by molar-refractivity contribution is -0.143. The topological polar surface area (TPSA) is 96.3 Å². The molecule has 0 fully saturated rings. The van der Waals surface area contributed by atoms with Crippen molar-refractivity contribution >= 4 is 11.8 Å². The van der Waals surface area contributed by atoms with Crippen molar-refractivity contribution in [2.45, 2.75) is 19.8 Å². The maximum Gasteiger partial charge on any atom is 0.332 e. The molecular formula is C11H17N3O4. The molecule has 2 N–H and O–H groups in total. The smallest absolute Gasteiger partial charge is 0.332 e. The molecule has 1 aromatic rings. The lowest BCUT2D eigenvalue weighted by Crippen LogP contribution is -2.40. The third-order valence-corrected chi connectivity index (χ3v) is 2.69. The van der Waals surface area contributed by atoms with Gasteiger partial charge in [0.05, 0.1) is 12.2 Å². The maximum absolute atomic E-state index is 11.9. The molecule has 7 heteroatoms. The summed E-state index contributed by atoms with van der Waals surface area (Å²) in [5.41, 5.74) is 5.01. The molecule has 18 heavy (non-hydrogen) atoms. The summed E-state index contributed by atoms with van der Waals surface area (Å²) in [6.45, 7) is 2.00. The molecule has 0 spiro atoms. The number of esters is 1. The predicted octanol–water partition coefficient (Wildman–Crippen LogP) is -0.838. The molecule has 1 rings (SSSR count). The highest BCUT2D eigenvalue weighted by atomic mass is 16.5. The van der Waals surface area contributed by atoms with Crippen LogP contribution in [0.2, 0.25) is 0 Å². The first-order valence-electron chi connectivity index (χ1n) is 5.60. The monoisotopic (exact) mass is 255 g/mol. The first-order valence-corrected chi connectivity index (χ1v) is 5.60. The molecule has 1 aromatic heterocycles. The molecule has 0 saturated carbocycles. The Balaban J connectivity index is 3.08. The van der Waals surface area contributed by atoms with Gasteiger partial charge >= 0.3 is 11.7 Å². The first kappa shape index (κ1) is 14.0. The van der Waals surface area contributed by atoms with Gasteiger partial charge in [-0.15, -0.1) is 0 Å². The zero-order chi connectivity index (χ0) is 13.9. The number of carbonyl (C=O) groups is 1. The number of hydrogen-bond acceptors (Lipinski definition) is 5. The van der Waals surface area contributed by atoms with Gasteiger partial charge < -0.3 is 10.5 Å². The highest BCUT2D eigenvalue weighted by Gasteiger charge is 2.14. The van der Waals surface area contributed by atoms with Crippen molar-refractivity contribution in [2.75, 3.05) is 12.3 Å². The van der Waals surface area contributed by atoms with Crippen LogP contribution in [0.1, 0.15) is 18.9 Å². The van der Waals surface area contributed by atoms with Crippen LogP contribution >= 0.6 is 0 Å². The van der Waals surface area contributed by atoms with E-state index >= 15 is 0 Å². The number of aromatic nitrogens is 2. The van der Waals surface area contributed by atoms with Gasteiger partial charge in [-0.25, -0.2) is 4.79 Å². The second-order valence-corrected chi connectivity index (χ2v) is 3.87. The summed E-state index contributed by atoms with van der Waals surface area (Å²) in [6, 6.07) is 0. The Morgan fingerprint density at radius 3 is 2.44 bits per heavy atom. The van der Waals surface area contributed by atoms with Crippen molar-refractivity contribution in [3.63, 3.8) is 0 Å². The van der Waals surface area contributed by atoms with Crippen molar-refractivity contribution in [1.29, 1.82) is 0 Å². The molecule has 0 aliphatic heterocycles. The zero-order valence-electron chi connectivity index (χ0n) is 10.7. The van der Waals surface area contributed by atoms with Crippen LogP contribution in [-0.2, 0) is 30.0 Å². The standard InChI is InChI=1S/C11H17N3O4/c1-4-18-8(15)6-5-7-9(12)13(2)11(17)14(3)10(7)16/h4-6,12H2,1-3H3. The van der Waals surface area contributed by atoms with Crippen molar-refractivity contribution in [3.05, 3.63) is 26.4 Å². The van der Waals surface area contributed by atoms with E-state index in [1.54, 1.807) is 6.92 Å². The molecule has 0 bridgehead atoms. The normalized spacial score (nSPS) is 10.4. The van der Waals surface area contributed by atoms with Gasteiger partial charge in [-0.2, -0.15) is 0 Å². The Kier molecular flexibility index (Phi) is 4.30. The minimum Gasteiger partial charge on any atom is -0.466 e. The summed E-state index contributed by atoms with van der Waals surface area (Å²) in [6.07, 6.45) is 0.219. The molecule has 0 radical (unpaired) electrons. The number of nitrogens with zero attached hydrogens (tertiary/aromatic N) is 2. The summed E-state index contributed by atoms with van der Waals surface area (Å²) < 4.78 is 6.92. The minimum absolute atomic E-state index is 0.0610. The lowest BCUT2D eigenvalue weighted by Gasteiger charge is -2.11. The van der Waals surface area contributed by atoms with Crippen LogP contribution in [0.15, 0.2) is 9.59 Å². The Labute approximate surface area is 104 Å². The third kappa shape index (κ3) is 2.61. The Morgan fingerprint density at radius 2 is 1.89 bits per heavy atom. The van der Waals surface area contributed by atoms with Crippen LogP contribution in [0.25, 0.3) is 0 Å². The number of nitrogen functional groups attached to an aromatic ring is 1. The number of nitrogens with two attached hydrogens (primary N) is 1. The maximum atomic E-state index is 11.9. The molecule has 0 aromatic carbocycles. The Bertz CT molecular complexity index is 571. The molecule has 0 aliphatic rings. The quantitative estimate of drug-likeness (QED) is 0.708. The van der Waals surface area contributed by atoms with Gasteiger partial charge in [0, 0.05) is 20.5 Å². The van der Waals surface area contributed by atoms with Crippen molar-refractivity contribution in [2.24, 2.45) is 14.1 Å². The predicted molar refractivity (Wildman–Crippen MR) is 66.3 cm³/mol. The molecule has 0 aliphatic carbocycles. The molecule has 0 atom stereocenters. The van der Waals surface area contributed by atoms with Crippen LogP contribution in [0, 0.1) is 0 Å². The van der Waals surface area contributed by atoms with E-state index in [1.165, 1.54) is 18.7 Å². The van der Waals surface area contributed by atoms with Gasteiger partial charge in [0.1, 0.15) is 5.82 Å². The van der Waals surface area contributed by atoms with E-state index in [-0.39, 0.29) is 24.2 Å². The van der Waals surface area contributed by atoms with Gasteiger partial charge in [0.25, 0.3) is 5.56 Å². The van der Waals surface area contributed by atoms with E-state index < -0.39 is 17.2 Å². The molecule has 100 valence electrons. The summed E-state index contributed by atoms with van der Waals surface area (Å²) in [5, 5.41) is 0. The SMILES string of the molecule is CCOC(=O)CCc1c(N)n(C)c(=O)n(C)c1=O. The van der Waals surface area contributed by atoms with E-state index in [4.69, 9.17) is 10.5 Å². The zero-order valence-corrected chi connectivity index (χ0v) is 10.7. The molecular weight excluding hydrogens is 238 g/mol. The Morgan fingerprint density at radius 1 is 1.28 bits per heavy atom. The highest BCUT2D eigenvalue weighted by molar-refractivity contribution is 5.69. The van der Waals surface area contributed by atoms with Crippen LogP contribution in [-0.4, -0.2) is 21.7 Å². The lowest BCUT2D eigenvalue weighted by atomic mass is 10.1. The molecule has 0 amide bonds. The summed E-state index contributed by atoms with van der Waals surface area (Å²) >= 11 is 0.